The van der Waals surface area contributed by atoms with Crippen molar-refractivity contribution in [2.45, 2.75) is 6.92 Å². The first-order valence-electron chi connectivity index (χ1n) is 7.19. The van der Waals surface area contributed by atoms with Crippen LogP contribution in [-0.4, -0.2) is 22.7 Å². The number of aryl methyl sites for hydroxylation is 1. The summed E-state index contributed by atoms with van der Waals surface area (Å²) in [5, 5.41) is 9.92. The molecule has 0 spiro atoms. The summed E-state index contributed by atoms with van der Waals surface area (Å²) in [6.07, 6.45) is 0. The average molecular weight is 327 g/mol. The molecule has 122 valence electrons. The first-order chi connectivity index (χ1) is 11.6. The smallest absolute Gasteiger partial charge is 0.322 e. The standard InChI is InChI=1S/C17H14FN3O3/c1-11-5-2-3-8-14(11)23-10-15(22)19-17-21-20-16(24-17)12-6-4-7-13(18)9-12/h2-9H,10H2,1H3,(H,19,21,22). The van der Waals surface area contributed by atoms with Gasteiger partial charge >= 0.3 is 6.01 Å². The summed E-state index contributed by atoms with van der Waals surface area (Å²) in [6.45, 7) is 1.69. The lowest BCUT2D eigenvalue weighted by Gasteiger charge is -2.07. The van der Waals surface area contributed by atoms with E-state index in [2.05, 4.69) is 15.5 Å². The van der Waals surface area contributed by atoms with Crippen LogP contribution in [0, 0.1) is 12.7 Å². The summed E-state index contributed by atoms with van der Waals surface area (Å²) in [5.74, 6) is -0.112. The Morgan fingerprint density at radius 3 is 2.83 bits per heavy atom. The van der Waals surface area contributed by atoms with Crippen LogP contribution in [-0.2, 0) is 4.79 Å². The normalized spacial score (nSPS) is 10.4. The second kappa shape index (κ2) is 6.91. The van der Waals surface area contributed by atoms with E-state index in [1.165, 1.54) is 18.2 Å². The Morgan fingerprint density at radius 1 is 1.21 bits per heavy atom. The highest BCUT2D eigenvalue weighted by atomic mass is 19.1. The lowest BCUT2D eigenvalue weighted by Crippen LogP contribution is -2.20. The number of anilines is 1. The van der Waals surface area contributed by atoms with E-state index in [1.807, 2.05) is 25.1 Å². The molecule has 0 aliphatic heterocycles. The molecule has 3 rings (SSSR count). The fourth-order valence-electron chi connectivity index (χ4n) is 2.03. The molecule has 7 heteroatoms. The van der Waals surface area contributed by atoms with Gasteiger partial charge < -0.3 is 9.15 Å². The molecule has 1 aromatic heterocycles. The fraction of sp³-hybridized carbons (Fsp3) is 0.118. The third-order valence-corrected chi connectivity index (χ3v) is 3.20. The maximum absolute atomic E-state index is 13.2. The zero-order valence-corrected chi connectivity index (χ0v) is 12.8. The quantitative estimate of drug-likeness (QED) is 0.778. The lowest BCUT2D eigenvalue weighted by atomic mass is 10.2. The number of carbonyl (C=O) groups excluding carboxylic acids is 1. The van der Waals surface area contributed by atoms with E-state index < -0.39 is 11.7 Å². The molecule has 0 saturated carbocycles. The van der Waals surface area contributed by atoms with Crippen LogP contribution in [0.15, 0.2) is 52.9 Å². The highest BCUT2D eigenvalue weighted by molar-refractivity contribution is 5.89. The van der Waals surface area contributed by atoms with Crippen molar-refractivity contribution < 1.29 is 18.3 Å². The fourth-order valence-corrected chi connectivity index (χ4v) is 2.03. The minimum absolute atomic E-state index is 0.0763. The molecule has 0 bridgehead atoms. The number of amides is 1. The number of benzene rings is 2. The second-order valence-corrected chi connectivity index (χ2v) is 5.03. The molecule has 0 fully saturated rings. The Kier molecular flexibility index (Phi) is 4.51. The number of halogens is 1. The Labute approximate surface area is 137 Å². The predicted molar refractivity (Wildman–Crippen MR) is 85.0 cm³/mol. The number of hydrogen-bond acceptors (Lipinski definition) is 5. The van der Waals surface area contributed by atoms with Crippen LogP contribution in [0.4, 0.5) is 10.4 Å². The Hall–Kier alpha value is -3.22. The van der Waals surface area contributed by atoms with Gasteiger partial charge in [0, 0.05) is 5.56 Å². The van der Waals surface area contributed by atoms with Crippen molar-refractivity contribution in [2.75, 3.05) is 11.9 Å². The summed E-state index contributed by atoms with van der Waals surface area (Å²) < 4.78 is 23.9. The maximum Gasteiger partial charge on any atom is 0.322 e. The molecule has 0 saturated heterocycles. The van der Waals surface area contributed by atoms with E-state index in [9.17, 15) is 9.18 Å². The molecular formula is C17H14FN3O3. The van der Waals surface area contributed by atoms with E-state index in [0.29, 0.717) is 11.3 Å². The van der Waals surface area contributed by atoms with Crippen molar-refractivity contribution in [3.05, 3.63) is 59.9 Å². The molecule has 6 nitrogen and oxygen atoms in total. The number of hydrogen-bond donors (Lipinski definition) is 1. The van der Waals surface area contributed by atoms with Gasteiger partial charge in [-0.1, -0.05) is 29.4 Å². The van der Waals surface area contributed by atoms with Gasteiger partial charge in [-0.05, 0) is 36.8 Å². The monoisotopic (exact) mass is 327 g/mol. The molecule has 1 N–H and O–H groups in total. The molecule has 0 unspecified atom stereocenters. The van der Waals surface area contributed by atoms with E-state index in [1.54, 1.807) is 12.1 Å². The van der Waals surface area contributed by atoms with Crippen LogP contribution >= 0.6 is 0 Å². The van der Waals surface area contributed by atoms with Gasteiger partial charge in [0.15, 0.2) is 6.61 Å². The second-order valence-electron chi connectivity index (χ2n) is 5.03. The first kappa shape index (κ1) is 15.7. The molecule has 2 aromatic carbocycles. The van der Waals surface area contributed by atoms with Crippen LogP contribution in [0.3, 0.4) is 0 Å². The molecule has 0 radical (unpaired) electrons. The van der Waals surface area contributed by atoms with Crippen molar-refractivity contribution in [1.82, 2.24) is 10.2 Å². The van der Waals surface area contributed by atoms with Gasteiger partial charge in [0.2, 0.25) is 5.89 Å². The molecular weight excluding hydrogens is 313 g/mol. The van der Waals surface area contributed by atoms with Gasteiger partial charge in [-0.2, -0.15) is 0 Å². The predicted octanol–water partition coefficient (Wildman–Crippen LogP) is 3.20. The van der Waals surface area contributed by atoms with Crippen molar-refractivity contribution in [3.63, 3.8) is 0 Å². The molecule has 1 amide bonds. The number of nitrogens with zero attached hydrogens (tertiary/aromatic N) is 2. The van der Waals surface area contributed by atoms with Gasteiger partial charge in [0.05, 0.1) is 0 Å². The van der Waals surface area contributed by atoms with Crippen molar-refractivity contribution in [1.29, 1.82) is 0 Å². The summed E-state index contributed by atoms with van der Waals surface area (Å²) in [7, 11) is 0. The number of aromatic nitrogens is 2. The average Bonchev–Trinajstić information content (AvgIpc) is 3.02. The minimum Gasteiger partial charge on any atom is -0.483 e. The number of carbonyl (C=O) groups is 1. The molecule has 24 heavy (non-hydrogen) atoms. The summed E-state index contributed by atoms with van der Waals surface area (Å²) in [5.41, 5.74) is 1.36. The largest absolute Gasteiger partial charge is 0.483 e. The van der Waals surface area contributed by atoms with Crippen molar-refractivity contribution in [2.24, 2.45) is 0 Å². The van der Waals surface area contributed by atoms with E-state index in [0.717, 1.165) is 5.56 Å². The van der Waals surface area contributed by atoms with E-state index >= 15 is 0 Å². The lowest BCUT2D eigenvalue weighted by molar-refractivity contribution is -0.118. The number of rotatable bonds is 5. The van der Waals surface area contributed by atoms with Crippen molar-refractivity contribution in [3.8, 4) is 17.2 Å². The van der Waals surface area contributed by atoms with Gasteiger partial charge in [-0.25, -0.2) is 4.39 Å². The Morgan fingerprint density at radius 2 is 2.04 bits per heavy atom. The highest BCUT2D eigenvalue weighted by Gasteiger charge is 2.12. The van der Waals surface area contributed by atoms with Crippen molar-refractivity contribution >= 4 is 11.9 Å². The maximum atomic E-state index is 13.2. The number of ether oxygens (including phenoxy) is 1. The van der Waals surface area contributed by atoms with Gasteiger partial charge in [-0.3, -0.25) is 10.1 Å². The van der Waals surface area contributed by atoms with E-state index in [-0.39, 0.29) is 18.5 Å². The number of nitrogens with one attached hydrogen (secondary N) is 1. The Bertz CT molecular complexity index is 864. The third kappa shape index (κ3) is 3.75. The minimum atomic E-state index is -0.437. The summed E-state index contributed by atoms with van der Waals surface area (Å²) in [6, 6.07) is 13.0. The zero-order valence-electron chi connectivity index (χ0n) is 12.8. The topological polar surface area (TPSA) is 77.2 Å². The van der Waals surface area contributed by atoms with Gasteiger partial charge in [0.1, 0.15) is 11.6 Å². The van der Waals surface area contributed by atoms with Crippen LogP contribution in [0.5, 0.6) is 5.75 Å². The summed E-state index contributed by atoms with van der Waals surface area (Å²) in [4.78, 5) is 11.9. The molecule has 0 aliphatic rings. The highest BCUT2D eigenvalue weighted by Crippen LogP contribution is 2.20. The molecule has 1 heterocycles. The third-order valence-electron chi connectivity index (χ3n) is 3.20. The van der Waals surface area contributed by atoms with Crippen LogP contribution < -0.4 is 10.1 Å². The first-order valence-corrected chi connectivity index (χ1v) is 7.19. The molecule has 0 atom stereocenters. The zero-order chi connectivity index (χ0) is 16.9. The SMILES string of the molecule is Cc1ccccc1OCC(=O)Nc1nnc(-c2cccc(F)c2)o1. The van der Waals surface area contributed by atoms with E-state index in [4.69, 9.17) is 9.15 Å². The van der Waals surface area contributed by atoms with Gasteiger partial charge in [0.25, 0.3) is 5.91 Å². The molecule has 0 aliphatic carbocycles. The number of para-hydroxylation sites is 1. The molecule has 3 aromatic rings. The van der Waals surface area contributed by atoms with Crippen LogP contribution in [0.25, 0.3) is 11.5 Å². The Balaban J connectivity index is 1.60. The van der Waals surface area contributed by atoms with Crippen LogP contribution in [0.2, 0.25) is 0 Å². The van der Waals surface area contributed by atoms with Gasteiger partial charge in [-0.15, -0.1) is 5.10 Å². The van der Waals surface area contributed by atoms with Crippen LogP contribution in [0.1, 0.15) is 5.56 Å². The summed E-state index contributed by atoms with van der Waals surface area (Å²) >= 11 is 0.